The first-order chi connectivity index (χ1) is 8.66. The SMILES string of the molecule is C=C1C=C(C(C)=O)c2ccc3c(c2O1)CCCN3. The Labute approximate surface area is 106 Å². The average Bonchev–Trinajstić information content (AvgIpc) is 2.37. The number of hydrogen-bond acceptors (Lipinski definition) is 3. The van der Waals surface area contributed by atoms with Crippen LogP contribution >= 0.6 is 0 Å². The normalized spacial score (nSPS) is 16.9. The molecule has 0 atom stereocenters. The summed E-state index contributed by atoms with van der Waals surface area (Å²) >= 11 is 0. The maximum atomic E-state index is 11.7. The van der Waals surface area contributed by atoms with E-state index in [-0.39, 0.29) is 5.78 Å². The molecule has 1 N–H and O–H groups in total. The summed E-state index contributed by atoms with van der Waals surface area (Å²) in [5.74, 6) is 1.38. The molecule has 0 radical (unpaired) electrons. The number of benzene rings is 1. The van der Waals surface area contributed by atoms with Crippen LogP contribution in [0.25, 0.3) is 5.57 Å². The number of fused-ring (bicyclic) bond motifs is 3. The van der Waals surface area contributed by atoms with Gasteiger partial charge in [0.15, 0.2) is 5.78 Å². The minimum absolute atomic E-state index is 0.0458. The fraction of sp³-hybridized carbons (Fsp3) is 0.267. The highest BCUT2D eigenvalue weighted by Gasteiger charge is 2.24. The van der Waals surface area contributed by atoms with Crippen molar-refractivity contribution in [3.05, 3.63) is 41.7 Å². The molecule has 2 aliphatic rings. The zero-order valence-electron chi connectivity index (χ0n) is 10.4. The predicted octanol–water partition coefficient (Wildman–Crippen LogP) is 2.92. The van der Waals surface area contributed by atoms with Crippen molar-refractivity contribution in [1.29, 1.82) is 0 Å². The predicted molar refractivity (Wildman–Crippen MR) is 71.7 cm³/mol. The third-order valence-electron chi connectivity index (χ3n) is 3.39. The molecule has 0 bridgehead atoms. The van der Waals surface area contributed by atoms with Gasteiger partial charge in [0.25, 0.3) is 0 Å². The number of ketones is 1. The monoisotopic (exact) mass is 241 g/mol. The van der Waals surface area contributed by atoms with Crippen molar-refractivity contribution in [3.63, 3.8) is 0 Å². The topological polar surface area (TPSA) is 38.3 Å². The summed E-state index contributed by atoms with van der Waals surface area (Å²) in [6.45, 7) is 6.39. The van der Waals surface area contributed by atoms with E-state index in [4.69, 9.17) is 4.74 Å². The van der Waals surface area contributed by atoms with E-state index in [1.54, 1.807) is 13.0 Å². The molecule has 0 unspecified atom stereocenters. The maximum absolute atomic E-state index is 11.7. The van der Waals surface area contributed by atoms with Crippen LogP contribution < -0.4 is 10.1 Å². The van der Waals surface area contributed by atoms with Crippen LogP contribution in [-0.2, 0) is 11.2 Å². The lowest BCUT2D eigenvalue weighted by Crippen LogP contribution is -2.16. The summed E-state index contributed by atoms with van der Waals surface area (Å²) in [7, 11) is 0. The van der Waals surface area contributed by atoms with Crippen LogP contribution in [0.5, 0.6) is 5.75 Å². The lowest BCUT2D eigenvalue weighted by atomic mass is 9.92. The number of carbonyl (C=O) groups is 1. The Balaban J connectivity index is 2.21. The molecular weight excluding hydrogens is 226 g/mol. The molecule has 2 heterocycles. The first kappa shape index (κ1) is 11.1. The van der Waals surface area contributed by atoms with E-state index in [0.29, 0.717) is 11.3 Å². The summed E-state index contributed by atoms with van der Waals surface area (Å²) < 4.78 is 5.75. The lowest BCUT2D eigenvalue weighted by molar-refractivity contribution is -0.111. The molecule has 1 aromatic carbocycles. The van der Waals surface area contributed by atoms with Crippen molar-refractivity contribution < 1.29 is 9.53 Å². The molecule has 3 nitrogen and oxygen atoms in total. The fourth-order valence-corrected chi connectivity index (χ4v) is 2.55. The maximum Gasteiger partial charge on any atom is 0.160 e. The third kappa shape index (κ3) is 1.63. The van der Waals surface area contributed by atoms with Crippen LogP contribution in [0.2, 0.25) is 0 Å². The molecule has 0 spiro atoms. The number of rotatable bonds is 1. The molecule has 0 saturated heterocycles. The minimum atomic E-state index is 0.0458. The molecule has 0 saturated carbocycles. The van der Waals surface area contributed by atoms with Gasteiger partial charge in [-0.1, -0.05) is 6.58 Å². The highest BCUT2D eigenvalue weighted by atomic mass is 16.5. The quantitative estimate of drug-likeness (QED) is 0.821. The van der Waals surface area contributed by atoms with Gasteiger partial charge in [0.1, 0.15) is 11.5 Å². The Bertz CT molecular complexity index is 584. The van der Waals surface area contributed by atoms with E-state index >= 15 is 0 Å². The number of ether oxygens (including phenoxy) is 1. The lowest BCUT2D eigenvalue weighted by Gasteiger charge is -2.26. The van der Waals surface area contributed by atoms with Crippen LogP contribution in [0.15, 0.2) is 30.5 Å². The Hall–Kier alpha value is -2.03. The zero-order chi connectivity index (χ0) is 12.7. The Kier molecular flexibility index (Phi) is 2.47. The van der Waals surface area contributed by atoms with Gasteiger partial charge in [-0.25, -0.2) is 0 Å². The Morgan fingerprint density at radius 3 is 3.06 bits per heavy atom. The van der Waals surface area contributed by atoms with Crippen molar-refractivity contribution in [2.45, 2.75) is 19.8 Å². The third-order valence-corrected chi connectivity index (χ3v) is 3.39. The van der Waals surface area contributed by atoms with Crippen molar-refractivity contribution >= 4 is 17.0 Å². The molecule has 3 rings (SSSR count). The van der Waals surface area contributed by atoms with Gasteiger partial charge < -0.3 is 10.1 Å². The highest BCUT2D eigenvalue weighted by molar-refractivity contribution is 6.21. The first-order valence-electron chi connectivity index (χ1n) is 6.16. The molecule has 18 heavy (non-hydrogen) atoms. The standard InChI is InChI=1S/C15H15NO2/c1-9-8-13(10(2)17)11-5-6-14-12(15(11)18-9)4-3-7-16-14/h5-6,8,16H,1,3-4,7H2,2H3. The fourth-order valence-electron chi connectivity index (χ4n) is 2.55. The molecule has 3 heteroatoms. The summed E-state index contributed by atoms with van der Waals surface area (Å²) in [5.41, 5.74) is 3.84. The van der Waals surface area contributed by atoms with Crippen LogP contribution in [-0.4, -0.2) is 12.3 Å². The van der Waals surface area contributed by atoms with Gasteiger partial charge in [-0.2, -0.15) is 0 Å². The molecular formula is C15H15NO2. The Morgan fingerprint density at radius 1 is 1.44 bits per heavy atom. The van der Waals surface area contributed by atoms with Gasteiger partial charge in [-0.15, -0.1) is 0 Å². The van der Waals surface area contributed by atoms with Gasteiger partial charge in [-0.3, -0.25) is 4.79 Å². The van der Waals surface area contributed by atoms with Crippen LogP contribution in [0.4, 0.5) is 5.69 Å². The average molecular weight is 241 g/mol. The van der Waals surface area contributed by atoms with Gasteiger partial charge in [0.05, 0.1) is 0 Å². The molecule has 1 aromatic rings. The van der Waals surface area contributed by atoms with Gasteiger partial charge in [-0.05, 0) is 38.0 Å². The van der Waals surface area contributed by atoms with E-state index in [1.165, 1.54) is 0 Å². The molecule has 0 aliphatic carbocycles. The van der Waals surface area contributed by atoms with Crippen molar-refractivity contribution in [2.75, 3.05) is 11.9 Å². The molecule has 0 amide bonds. The summed E-state index contributed by atoms with van der Waals surface area (Å²) in [6, 6.07) is 3.98. The van der Waals surface area contributed by atoms with Crippen molar-refractivity contribution in [1.82, 2.24) is 0 Å². The highest BCUT2D eigenvalue weighted by Crippen LogP contribution is 2.41. The van der Waals surface area contributed by atoms with E-state index in [1.807, 2.05) is 12.1 Å². The zero-order valence-corrected chi connectivity index (χ0v) is 10.4. The largest absolute Gasteiger partial charge is 0.457 e. The second kappa shape index (κ2) is 4.02. The minimum Gasteiger partial charge on any atom is -0.457 e. The second-order valence-corrected chi connectivity index (χ2v) is 4.68. The summed E-state index contributed by atoms with van der Waals surface area (Å²) in [4.78, 5) is 11.7. The van der Waals surface area contributed by atoms with Crippen LogP contribution in [0, 0.1) is 0 Å². The van der Waals surface area contributed by atoms with Crippen molar-refractivity contribution in [3.8, 4) is 5.75 Å². The van der Waals surface area contributed by atoms with Gasteiger partial charge in [0.2, 0.25) is 0 Å². The Morgan fingerprint density at radius 2 is 2.28 bits per heavy atom. The number of allylic oxidation sites excluding steroid dienone is 2. The van der Waals surface area contributed by atoms with E-state index in [0.717, 1.165) is 42.0 Å². The van der Waals surface area contributed by atoms with Crippen LogP contribution in [0.1, 0.15) is 24.5 Å². The van der Waals surface area contributed by atoms with E-state index in [2.05, 4.69) is 11.9 Å². The number of carbonyl (C=O) groups excluding carboxylic acids is 1. The molecule has 92 valence electrons. The van der Waals surface area contributed by atoms with Crippen LogP contribution in [0.3, 0.4) is 0 Å². The number of Topliss-reactive ketones (excluding diaryl/α,β-unsaturated/α-hetero) is 1. The number of anilines is 1. The second-order valence-electron chi connectivity index (χ2n) is 4.68. The molecule has 0 aromatic heterocycles. The number of hydrogen-bond donors (Lipinski definition) is 1. The van der Waals surface area contributed by atoms with E-state index in [9.17, 15) is 4.79 Å². The van der Waals surface area contributed by atoms with Crippen molar-refractivity contribution in [2.24, 2.45) is 0 Å². The summed E-state index contributed by atoms with van der Waals surface area (Å²) in [6.07, 6.45) is 3.77. The smallest absolute Gasteiger partial charge is 0.160 e. The molecule has 2 aliphatic heterocycles. The first-order valence-corrected chi connectivity index (χ1v) is 6.16. The number of nitrogens with one attached hydrogen (secondary N) is 1. The van der Waals surface area contributed by atoms with E-state index < -0.39 is 0 Å². The molecule has 0 fully saturated rings. The summed E-state index contributed by atoms with van der Waals surface area (Å²) in [5, 5.41) is 3.36. The van der Waals surface area contributed by atoms with Gasteiger partial charge in [0, 0.05) is 28.9 Å². The van der Waals surface area contributed by atoms with Gasteiger partial charge >= 0.3 is 0 Å².